The molecule has 0 aliphatic heterocycles. The van der Waals surface area contributed by atoms with Gasteiger partial charge in [-0.05, 0) is 12.8 Å². The summed E-state index contributed by atoms with van der Waals surface area (Å²) in [6.45, 7) is 8.60. The molecular weight excluding hydrogens is 691 g/mol. The molecule has 0 aromatic heterocycles. The Hall–Kier alpha value is -0.270. The van der Waals surface area contributed by atoms with Gasteiger partial charge in [-0.25, -0.2) is 0 Å². The molecule has 0 heterocycles. The fourth-order valence-corrected chi connectivity index (χ4v) is 6.76. The number of amides is 1. The second kappa shape index (κ2) is 39.4. The largest absolute Gasteiger partial charge is 0.379 e. The molecule has 0 bridgehead atoms. The van der Waals surface area contributed by atoms with Crippen LogP contribution in [0, 0.1) is 0 Å². The molecule has 5 N–H and O–H groups in total. The third-order valence-corrected chi connectivity index (χ3v) is 10.5. The minimum Gasteiger partial charge on any atom is -0.379 e. The third kappa shape index (κ3) is 40.7. The molecule has 0 fully saturated rings. The number of hydrogen-bond donors (Lipinski definition) is 4. The van der Waals surface area contributed by atoms with Crippen molar-refractivity contribution >= 4 is 25.3 Å². The molecule has 11 nitrogen and oxygen atoms in total. The van der Waals surface area contributed by atoms with Crippen LogP contribution in [0.15, 0.2) is 0 Å². The summed E-state index contributed by atoms with van der Waals surface area (Å²) in [6.07, 6.45) is 25.8. The normalized spacial score (nSPS) is 13.1. The molecule has 0 saturated carbocycles. The highest BCUT2D eigenvalue weighted by atomic mass is 32.2. The summed E-state index contributed by atoms with van der Waals surface area (Å²) in [5, 5.41) is 2.83. The summed E-state index contributed by atoms with van der Waals surface area (Å²) >= 11 is 1.64. The summed E-state index contributed by atoms with van der Waals surface area (Å²) in [7, 11) is -4.02. The van der Waals surface area contributed by atoms with Gasteiger partial charge in [0.2, 0.25) is 5.91 Å². The zero-order valence-corrected chi connectivity index (χ0v) is 34.4. The Balaban J connectivity index is 4.13. The maximum absolute atomic E-state index is 12.5. The lowest BCUT2D eigenvalue weighted by molar-refractivity contribution is -0.122. The maximum Gasteiger partial charge on any atom is 0.327 e. The van der Waals surface area contributed by atoms with Crippen LogP contribution in [-0.2, 0) is 33.0 Å². The van der Waals surface area contributed by atoms with Gasteiger partial charge in [-0.15, -0.1) is 0 Å². The van der Waals surface area contributed by atoms with Crippen LogP contribution in [0.4, 0.5) is 0 Å². The molecule has 0 rings (SSSR count). The third-order valence-electron chi connectivity index (χ3n) is 8.55. The van der Waals surface area contributed by atoms with Gasteiger partial charge in [-0.1, -0.05) is 129 Å². The summed E-state index contributed by atoms with van der Waals surface area (Å²) in [4.78, 5) is 30.0. The van der Waals surface area contributed by atoms with Gasteiger partial charge in [0.15, 0.2) is 0 Å². The number of ether oxygens (including phenoxy) is 5. The van der Waals surface area contributed by atoms with Crippen molar-refractivity contribution in [2.45, 2.75) is 154 Å². The highest BCUT2D eigenvalue weighted by molar-refractivity contribution is 7.99. The van der Waals surface area contributed by atoms with E-state index in [-0.39, 0.29) is 31.4 Å². The van der Waals surface area contributed by atoms with E-state index < -0.39 is 13.6 Å². The molecule has 0 aromatic rings. The maximum atomic E-state index is 12.5. The second-order valence-electron chi connectivity index (χ2n) is 13.6. The van der Waals surface area contributed by atoms with Crippen molar-refractivity contribution in [3.63, 3.8) is 0 Å². The van der Waals surface area contributed by atoms with E-state index in [4.69, 9.17) is 39.2 Å². The number of nitrogens with two attached hydrogens (primary N) is 1. The van der Waals surface area contributed by atoms with E-state index in [1.54, 1.807) is 11.8 Å². The Labute approximate surface area is 316 Å². The van der Waals surface area contributed by atoms with Crippen molar-refractivity contribution in [3.8, 4) is 0 Å². The number of unbranched alkanes of at least 4 members (excludes halogenated alkanes) is 18. The van der Waals surface area contributed by atoms with Crippen molar-refractivity contribution in [2.75, 3.05) is 83.7 Å². The molecule has 0 radical (unpaired) electrons. The quantitative estimate of drug-likeness (QED) is 0.0357. The zero-order valence-electron chi connectivity index (χ0n) is 32.7. The van der Waals surface area contributed by atoms with Gasteiger partial charge in [0.25, 0.3) is 0 Å². The molecule has 0 unspecified atom stereocenters. The van der Waals surface area contributed by atoms with E-state index >= 15 is 0 Å². The van der Waals surface area contributed by atoms with Crippen molar-refractivity contribution < 1.29 is 42.8 Å². The van der Waals surface area contributed by atoms with Crippen LogP contribution in [0.1, 0.15) is 142 Å². The minimum absolute atomic E-state index is 0.00570. The Morgan fingerprint density at radius 2 is 1.06 bits per heavy atom. The minimum atomic E-state index is -4.02. The predicted octanol–water partition coefficient (Wildman–Crippen LogP) is 7.63. The molecule has 0 aliphatic carbocycles. The van der Waals surface area contributed by atoms with E-state index in [0.29, 0.717) is 45.3 Å². The molecule has 306 valence electrons. The van der Waals surface area contributed by atoms with E-state index in [2.05, 4.69) is 19.2 Å². The SMILES string of the molecule is CCCCCCCCCCCCOC[C@H](CSC[C@@H](N)C(=O)NCCOCCOCCOCCP(=O)(O)O)OCCCCCCCCCCCC. The van der Waals surface area contributed by atoms with Gasteiger partial charge >= 0.3 is 7.60 Å². The van der Waals surface area contributed by atoms with E-state index in [0.717, 1.165) is 31.8 Å². The highest BCUT2D eigenvalue weighted by Crippen LogP contribution is 2.33. The van der Waals surface area contributed by atoms with Gasteiger partial charge in [0.1, 0.15) is 0 Å². The van der Waals surface area contributed by atoms with Gasteiger partial charge in [0.05, 0.1) is 64.6 Å². The molecule has 0 aliphatic rings. The lowest BCUT2D eigenvalue weighted by Gasteiger charge is -2.19. The number of carbonyl (C=O) groups is 1. The van der Waals surface area contributed by atoms with Gasteiger partial charge in [0, 0.05) is 31.3 Å². The summed E-state index contributed by atoms with van der Waals surface area (Å²) in [5.41, 5.74) is 6.17. The van der Waals surface area contributed by atoms with Crippen LogP contribution in [0.2, 0.25) is 0 Å². The van der Waals surface area contributed by atoms with Gasteiger partial charge in [-0.3, -0.25) is 9.36 Å². The van der Waals surface area contributed by atoms with Crippen LogP contribution in [0.5, 0.6) is 0 Å². The summed E-state index contributed by atoms with van der Waals surface area (Å²) in [6, 6.07) is -0.612. The average molecular weight is 771 g/mol. The molecule has 1 amide bonds. The Bertz CT molecular complexity index is 782. The number of hydrogen-bond acceptors (Lipinski definition) is 9. The average Bonchev–Trinajstić information content (AvgIpc) is 3.10. The fraction of sp³-hybridized carbons (Fsp3) is 0.974. The van der Waals surface area contributed by atoms with Gasteiger partial charge in [-0.2, -0.15) is 11.8 Å². The zero-order chi connectivity index (χ0) is 37.5. The molecule has 0 spiro atoms. The van der Waals surface area contributed by atoms with Crippen LogP contribution in [0.25, 0.3) is 0 Å². The molecular formula is C38H79N2O9PS. The van der Waals surface area contributed by atoms with Crippen molar-refractivity contribution in [2.24, 2.45) is 5.73 Å². The molecule has 0 saturated heterocycles. The van der Waals surface area contributed by atoms with Crippen molar-refractivity contribution in [3.05, 3.63) is 0 Å². The first-order chi connectivity index (χ1) is 24.8. The summed E-state index contributed by atoms with van der Waals surface area (Å²) < 4.78 is 39.0. The fourth-order valence-electron chi connectivity index (χ4n) is 5.40. The highest BCUT2D eigenvalue weighted by Gasteiger charge is 2.16. The Morgan fingerprint density at radius 1 is 0.608 bits per heavy atom. The van der Waals surface area contributed by atoms with Gasteiger partial charge < -0.3 is 44.5 Å². The van der Waals surface area contributed by atoms with Crippen molar-refractivity contribution in [1.82, 2.24) is 5.32 Å². The van der Waals surface area contributed by atoms with Crippen molar-refractivity contribution in [1.29, 1.82) is 0 Å². The molecule has 2 atom stereocenters. The topological polar surface area (TPSA) is 159 Å². The smallest absolute Gasteiger partial charge is 0.327 e. The molecule has 51 heavy (non-hydrogen) atoms. The lowest BCUT2D eigenvalue weighted by atomic mass is 10.1. The molecule has 13 heteroatoms. The Kier molecular flexibility index (Phi) is 39.2. The number of nitrogens with one attached hydrogen (secondary N) is 1. The van der Waals surface area contributed by atoms with Crippen LogP contribution in [0.3, 0.4) is 0 Å². The first kappa shape index (κ1) is 50.7. The monoisotopic (exact) mass is 771 g/mol. The number of rotatable bonds is 42. The van der Waals surface area contributed by atoms with Crippen LogP contribution < -0.4 is 11.1 Å². The predicted molar refractivity (Wildman–Crippen MR) is 212 cm³/mol. The number of thioether (sulfide) groups is 1. The van der Waals surface area contributed by atoms with E-state index in [1.165, 1.54) is 116 Å². The van der Waals surface area contributed by atoms with Crippen LogP contribution in [-0.4, -0.2) is 112 Å². The molecule has 0 aromatic carbocycles. The Morgan fingerprint density at radius 3 is 1.57 bits per heavy atom. The van der Waals surface area contributed by atoms with E-state index in [1.807, 2.05) is 0 Å². The number of carbonyl (C=O) groups excluding carboxylic acids is 1. The second-order valence-corrected chi connectivity index (χ2v) is 16.4. The lowest BCUT2D eigenvalue weighted by Crippen LogP contribution is -2.43. The van der Waals surface area contributed by atoms with Crippen LogP contribution >= 0.6 is 19.4 Å². The standard InChI is InChI=1S/C38H79N2O9PS/c1-3-5-7-9-11-13-15-17-19-21-24-48-33-36(49-25-22-20-18-16-14-12-10-8-6-4-2)34-51-35-37(39)38(41)40-23-26-45-27-28-46-29-30-47-31-32-50(42,43)44/h36-37H,3-35,39H2,1-2H3,(H,40,41)(H2,42,43,44)/t36-,37-/m1/s1. The summed E-state index contributed by atoms with van der Waals surface area (Å²) in [5.74, 6) is 1.05. The van der Waals surface area contributed by atoms with E-state index in [9.17, 15) is 9.36 Å². The first-order valence-electron chi connectivity index (χ1n) is 20.4. The first-order valence-corrected chi connectivity index (χ1v) is 23.3.